The van der Waals surface area contributed by atoms with Crippen LogP contribution < -0.4 is 0 Å². The molecule has 1 saturated carbocycles. The van der Waals surface area contributed by atoms with Crippen LogP contribution in [0.4, 0.5) is 0 Å². The van der Waals surface area contributed by atoms with Gasteiger partial charge >= 0.3 is 0 Å². The molecule has 0 N–H and O–H groups in total. The molecule has 0 radical (unpaired) electrons. The number of unbranched alkanes of at least 4 members (excludes halogenated alkanes) is 4. The molecule has 0 atom stereocenters. The SMILES string of the molecule is CCCCCCCC1CCC(c2ccccc2C)(c2ccccc2C)CC1. The third-order valence-electron chi connectivity index (χ3n) is 7.00. The van der Waals surface area contributed by atoms with E-state index in [1.807, 2.05) is 0 Å². The van der Waals surface area contributed by atoms with Crippen molar-refractivity contribution in [3.63, 3.8) is 0 Å². The van der Waals surface area contributed by atoms with Crippen LogP contribution in [0.5, 0.6) is 0 Å². The van der Waals surface area contributed by atoms with E-state index < -0.39 is 0 Å². The maximum absolute atomic E-state index is 2.40. The lowest BCUT2D eigenvalue weighted by Gasteiger charge is -2.43. The van der Waals surface area contributed by atoms with E-state index in [0.29, 0.717) is 0 Å². The first-order valence-electron chi connectivity index (χ1n) is 11.3. The van der Waals surface area contributed by atoms with Crippen LogP contribution in [0.3, 0.4) is 0 Å². The van der Waals surface area contributed by atoms with E-state index in [1.54, 1.807) is 11.1 Å². The maximum Gasteiger partial charge on any atom is 0.0208 e. The first-order chi connectivity index (χ1) is 13.2. The average molecular weight is 363 g/mol. The minimum absolute atomic E-state index is 0.218. The third kappa shape index (κ3) is 4.65. The predicted octanol–water partition coefficient (Wildman–Crippen LogP) is 8.14. The summed E-state index contributed by atoms with van der Waals surface area (Å²) in [7, 11) is 0. The molecule has 3 rings (SSSR count). The largest absolute Gasteiger partial charge is 0.0654 e. The Labute approximate surface area is 167 Å². The predicted molar refractivity (Wildman–Crippen MR) is 118 cm³/mol. The van der Waals surface area contributed by atoms with Crippen molar-refractivity contribution in [1.82, 2.24) is 0 Å². The van der Waals surface area contributed by atoms with Gasteiger partial charge in [-0.05, 0) is 67.7 Å². The van der Waals surface area contributed by atoms with Gasteiger partial charge in [0.05, 0.1) is 0 Å². The molecular weight excluding hydrogens is 324 g/mol. The Bertz CT molecular complexity index is 656. The van der Waals surface area contributed by atoms with E-state index >= 15 is 0 Å². The molecule has 0 spiro atoms. The van der Waals surface area contributed by atoms with Crippen molar-refractivity contribution < 1.29 is 0 Å². The molecule has 146 valence electrons. The Balaban J connectivity index is 1.77. The smallest absolute Gasteiger partial charge is 0.0208 e. The van der Waals surface area contributed by atoms with Crippen molar-refractivity contribution >= 4 is 0 Å². The molecule has 1 aliphatic rings. The zero-order valence-corrected chi connectivity index (χ0v) is 17.8. The first kappa shape index (κ1) is 20.2. The first-order valence-corrected chi connectivity index (χ1v) is 11.3. The summed E-state index contributed by atoms with van der Waals surface area (Å²) in [5, 5.41) is 0. The van der Waals surface area contributed by atoms with E-state index in [4.69, 9.17) is 0 Å². The zero-order chi connectivity index (χ0) is 19.1. The van der Waals surface area contributed by atoms with Crippen LogP contribution in [-0.2, 0) is 5.41 Å². The summed E-state index contributed by atoms with van der Waals surface area (Å²) in [5.74, 6) is 0.938. The molecule has 0 bridgehead atoms. The fourth-order valence-corrected chi connectivity index (χ4v) is 5.40. The lowest BCUT2D eigenvalue weighted by atomic mass is 9.61. The highest BCUT2D eigenvalue weighted by Crippen LogP contribution is 2.49. The molecule has 0 heteroatoms. The van der Waals surface area contributed by atoms with E-state index in [0.717, 1.165) is 5.92 Å². The summed E-state index contributed by atoms with van der Waals surface area (Å²) in [5.41, 5.74) is 6.27. The van der Waals surface area contributed by atoms with Crippen molar-refractivity contribution in [1.29, 1.82) is 0 Å². The highest BCUT2D eigenvalue weighted by atomic mass is 14.4. The summed E-state index contributed by atoms with van der Waals surface area (Å²) in [6.07, 6.45) is 13.9. The Hall–Kier alpha value is -1.56. The molecule has 0 aromatic heterocycles. The van der Waals surface area contributed by atoms with E-state index in [1.165, 1.54) is 75.3 Å². The van der Waals surface area contributed by atoms with Gasteiger partial charge in [0, 0.05) is 5.41 Å². The Morgan fingerprint density at radius 2 is 1.26 bits per heavy atom. The number of benzene rings is 2. The second kappa shape index (κ2) is 9.58. The third-order valence-corrected chi connectivity index (χ3v) is 7.00. The van der Waals surface area contributed by atoms with E-state index in [2.05, 4.69) is 69.3 Å². The quantitative estimate of drug-likeness (QED) is 0.416. The molecule has 0 heterocycles. The van der Waals surface area contributed by atoms with Crippen LogP contribution in [0.25, 0.3) is 0 Å². The van der Waals surface area contributed by atoms with Crippen LogP contribution >= 0.6 is 0 Å². The Morgan fingerprint density at radius 3 is 1.78 bits per heavy atom. The van der Waals surface area contributed by atoms with Crippen molar-refractivity contribution in [3.8, 4) is 0 Å². The molecule has 27 heavy (non-hydrogen) atoms. The summed E-state index contributed by atoms with van der Waals surface area (Å²) in [6, 6.07) is 18.2. The molecule has 0 nitrogen and oxygen atoms in total. The van der Waals surface area contributed by atoms with Crippen LogP contribution in [0.1, 0.15) is 93.4 Å². The van der Waals surface area contributed by atoms with Crippen molar-refractivity contribution in [2.24, 2.45) is 5.92 Å². The van der Waals surface area contributed by atoms with Gasteiger partial charge in [0.25, 0.3) is 0 Å². The van der Waals surface area contributed by atoms with Crippen molar-refractivity contribution in [2.45, 2.75) is 90.4 Å². The highest BCUT2D eigenvalue weighted by Gasteiger charge is 2.39. The summed E-state index contributed by atoms with van der Waals surface area (Å²) < 4.78 is 0. The Kier molecular flexibility index (Phi) is 7.16. The van der Waals surface area contributed by atoms with Crippen LogP contribution in [0, 0.1) is 19.8 Å². The summed E-state index contributed by atoms with van der Waals surface area (Å²) >= 11 is 0. The van der Waals surface area contributed by atoms with E-state index in [9.17, 15) is 0 Å². The topological polar surface area (TPSA) is 0 Å². The molecule has 0 saturated heterocycles. The van der Waals surface area contributed by atoms with E-state index in [-0.39, 0.29) is 5.41 Å². The lowest BCUT2D eigenvalue weighted by molar-refractivity contribution is 0.249. The molecule has 1 aliphatic carbocycles. The summed E-state index contributed by atoms with van der Waals surface area (Å²) in [6.45, 7) is 6.90. The maximum atomic E-state index is 2.40. The molecule has 0 unspecified atom stereocenters. The Morgan fingerprint density at radius 1 is 0.741 bits per heavy atom. The minimum Gasteiger partial charge on any atom is -0.0654 e. The average Bonchev–Trinajstić information content (AvgIpc) is 2.69. The lowest BCUT2D eigenvalue weighted by Crippen LogP contribution is -2.34. The van der Waals surface area contributed by atoms with Gasteiger partial charge in [0.15, 0.2) is 0 Å². The molecule has 1 fully saturated rings. The van der Waals surface area contributed by atoms with Gasteiger partial charge in [0.1, 0.15) is 0 Å². The minimum atomic E-state index is 0.218. The fraction of sp³-hybridized carbons (Fsp3) is 0.556. The van der Waals surface area contributed by atoms with Crippen LogP contribution in [0.15, 0.2) is 48.5 Å². The standard InChI is InChI=1S/C27H38/c1-4-5-6-7-8-15-24-18-20-27(21-19-24,25-16-11-9-13-22(25)2)26-17-12-10-14-23(26)3/h9-14,16-17,24H,4-8,15,18-21H2,1-3H3. The molecule has 2 aromatic carbocycles. The number of aryl methyl sites for hydroxylation is 2. The second-order valence-electron chi connectivity index (χ2n) is 8.86. The molecule has 2 aromatic rings. The van der Waals surface area contributed by atoms with Gasteiger partial charge in [-0.15, -0.1) is 0 Å². The van der Waals surface area contributed by atoms with Crippen molar-refractivity contribution in [3.05, 3.63) is 70.8 Å². The molecule has 0 amide bonds. The van der Waals surface area contributed by atoms with Gasteiger partial charge in [-0.2, -0.15) is 0 Å². The normalized spacial score (nSPS) is 17.1. The molecular formula is C27H38. The monoisotopic (exact) mass is 362 g/mol. The fourth-order valence-electron chi connectivity index (χ4n) is 5.40. The second-order valence-corrected chi connectivity index (χ2v) is 8.86. The number of hydrogen-bond donors (Lipinski definition) is 0. The van der Waals surface area contributed by atoms with Crippen molar-refractivity contribution in [2.75, 3.05) is 0 Å². The molecule has 0 aliphatic heterocycles. The van der Waals surface area contributed by atoms with Gasteiger partial charge in [-0.1, -0.05) is 94.0 Å². The van der Waals surface area contributed by atoms with Gasteiger partial charge in [-0.3, -0.25) is 0 Å². The van der Waals surface area contributed by atoms with Crippen LogP contribution in [0.2, 0.25) is 0 Å². The number of rotatable bonds is 8. The zero-order valence-electron chi connectivity index (χ0n) is 17.8. The van der Waals surface area contributed by atoms with Gasteiger partial charge in [-0.25, -0.2) is 0 Å². The van der Waals surface area contributed by atoms with Crippen LogP contribution in [-0.4, -0.2) is 0 Å². The number of hydrogen-bond acceptors (Lipinski definition) is 0. The summed E-state index contributed by atoms with van der Waals surface area (Å²) in [4.78, 5) is 0. The highest BCUT2D eigenvalue weighted by molar-refractivity contribution is 5.46. The van der Waals surface area contributed by atoms with Gasteiger partial charge < -0.3 is 0 Å². The van der Waals surface area contributed by atoms with Gasteiger partial charge in [0.2, 0.25) is 0 Å².